The molecule has 3 aromatic rings. The van der Waals surface area contributed by atoms with Crippen molar-refractivity contribution >= 4 is 5.91 Å². The van der Waals surface area contributed by atoms with E-state index >= 15 is 0 Å². The van der Waals surface area contributed by atoms with Crippen molar-refractivity contribution < 1.29 is 10.0 Å². The van der Waals surface area contributed by atoms with Crippen LogP contribution in [0.2, 0.25) is 0 Å². The molecule has 1 amide bonds. The van der Waals surface area contributed by atoms with Gasteiger partial charge >= 0.3 is 0 Å². The van der Waals surface area contributed by atoms with Crippen molar-refractivity contribution in [2.75, 3.05) is 0 Å². The first-order valence-corrected chi connectivity index (χ1v) is 7.81. The average molecular weight is 335 g/mol. The maximum atomic E-state index is 12.0. The van der Waals surface area contributed by atoms with Crippen LogP contribution in [0, 0.1) is 0 Å². The number of hydrogen-bond acceptors (Lipinski definition) is 4. The van der Waals surface area contributed by atoms with Gasteiger partial charge in [-0.05, 0) is 29.7 Å². The van der Waals surface area contributed by atoms with Crippen molar-refractivity contribution in [3.8, 4) is 0 Å². The van der Waals surface area contributed by atoms with Crippen LogP contribution in [0.1, 0.15) is 27.3 Å². The Kier molecular flexibility index (Phi) is 4.89. The summed E-state index contributed by atoms with van der Waals surface area (Å²) < 4.78 is 0.325. The molecule has 0 aliphatic rings. The van der Waals surface area contributed by atoms with Gasteiger partial charge in [-0.1, -0.05) is 42.5 Å². The van der Waals surface area contributed by atoms with Gasteiger partial charge in [-0.25, -0.2) is 0 Å². The van der Waals surface area contributed by atoms with Crippen LogP contribution in [-0.4, -0.2) is 20.8 Å². The van der Waals surface area contributed by atoms with Crippen molar-refractivity contribution in [2.24, 2.45) is 0 Å². The molecule has 6 nitrogen and oxygen atoms in total. The van der Waals surface area contributed by atoms with Gasteiger partial charge in [0.15, 0.2) is 0 Å². The van der Waals surface area contributed by atoms with Gasteiger partial charge in [0.1, 0.15) is 5.69 Å². The molecule has 0 aliphatic heterocycles. The quantitative estimate of drug-likeness (QED) is 0.699. The molecule has 0 fully saturated rings. The number of aromatic nitrogens is 2. The van der Waals surface area contributed by atoms with Crippen molar-refractivity contribution in [2.45, 2.75) is 13.0 Å². The van der Waals surface area contributed by atoms with Gasteiger partial charge in [0.25, 0.3) is 11.5 Å². The van der Waals surface area contributed by atoms with Gasteiger partial charge < -0.3 is 10.5 Å². The molecular weight excluding hydrogens is 318 g/mol. The standard InChI is InChI=1S/C19H17N3O3/c23-18-8-4-7-17(22(18)25)19(24)21-13-16-10-9-15(12-20-16)11-14-5-2-1-3-6-14/h1-10,12,25H,11,13H2,(H,21,24). The zero-order valence-electron chi connectivity index (χ0n) is 13.4. The van der Waals surface area contributed by atoms with Crippen molar-refractivity contribution in [1.82, 2.24) is 15.0 Å². The fourth-order valence-corrected chi connectivity index (χ4v) is 2.41. The molecule has 2 heterocycles. The van der Waals surface area contributed by atoms with Gasteiger partial charge in [-0.2, -0.15) is 0 Å². The van der Waals surface area contributed by atoms with Crippen LogP contribution in [0.3, 0.4) is 0 Å². The van der Waals surface area contributed by atoms with Crippen LogP contribution in [0.5, 0.6) is 0 Å². The summed E-state index contributed by atoms with van der Waals surface area (Å²) in [4.78, 5) is 27.7. The number of rotatable bonds is 5. The predicted octanol–water partition coefficient (Wildman–Crippen LogP) is 2.00. The Bertz CT molecular complexity index is 919. The summed E-state index contributed by atoms with van der Waals surface area (Å²) in [5.74, 6) is -0.546. The van der Waals surface area contributed by atoms with Crippen molar-refractivity contribution in [3.05, 3.63) is 99.7 Å². The second kappa shape index (κ2) is 7.44. The first-order valence-electron chi connectivity index (χ1n) is 7.81. The Morgan fingerprint density at radius 1 is 1.00 bits per heavy atom. The lowest BCUT2D eigenvalue weighted by Gasteiger charge is -2.08. The average Bonchev–Trinajstić information content (AvgIpc) is 2.64. The summed E-state index contributed by atoms with van der Waals surface area (Å²) in [6.07, 6.45) is 2.57. The van der Waals surface area contributed by atoms with Crippen LogP contribution in [0.4, 0.5) is 0 Å². The van der Waals surface area contributed by atoms with E-state index in [-0.39, 0.29) is 12.2 Å². The lowest BCUT2D eigenvalue weighted by molar-refractivity contribution is 0.0888. The fraction of sp³-hybridized carbons (Fsp3) is 0.105. The Morgan fingerprint density at radius 3 is 2.52 bits per heavy atom. The van der Waals surface area contributed by atoms with E-state index in [1.54, 1.807) is 6.20 Å². The van der Waals surface area contributed by atoms with Crippen LogP contribution in [0.25, 0.3) is 0 Å². The Labute approximate surface area is 144 Å². The first kappa shape index (κ1) is 16.4. The molecule has 0 unspecified atom stereocenters. The molecule has 0 saturated heterocycles. The third-order valence-corrected chi connectivity index (χ3v) is 3.73. The van der Waals surface area contributed by atoms with Crippen LogP contribution in [-0.2, 0) is 13.0 Å². The summed E-state index contributed by atoms with van der Waals surface area (Å²) in [5, 5.41) is 12.2. The van der Waals surface area contributed by atoms with Gasteiger partial charge in [-0.3, -0.25) is 14.6 Å². The minimum Gasteiger partial charge on any atom is -0.425 e. The summed E-state index contributed by atoms with van der Waals surface area (Å²) in [6, 6.07) is 17.9. The summed E-state index contributed by atoms with van der Waals surface area (Å²) in [6.45, 7) is 0.202. The molecule has 25 heavy (non-hydrogen) atoms. The zero-order chi connectivity index (χ0) is 17.6. The molecule has 1 aromatic carbocycles. The smallest absolute Gasteiger partial charge is 0.283 e. The van der Waals surface area contributed by atoms with E-state index in [1.807, 2.05) is 30.3 Å². The highest BCUT2D eigenvalue weighted by atomic mass is 16.5. The fourth-order valence-electron chi connectivity index (χ4n) is 2.41. The number of hydrogen-bond donors (Lipinski definition) is 2. The third kappa shape index (κ3) is 4.11. The number of nitrogens with one attached hydrogen (secondary N) is 1. The zero-order valence-corrected chi connectivity index (χ0v) is 13.4. The molecule has 0 aliphatic carbocycles. The van der Waals surface area contributed by atoms with E-state index in [9.17, 15) is 14.8 Å². The van der Waals surface area contributed by atoms with E-state index < -0.39 is 11.5 Å². The van der Waals surface area contributed by atoms with E-state index in [4.69, 9.17) is 0 Å². The normalized spacial score (nSPS) is 10.4. The monoisotopic (exact) mass is 335 g/mol. The maximum absolute atomic E-state index is 12.0. The van der Waals surface area contributed by atoms with Gasteiger partial charge in [0, 0.05) is 12.3 Å². The molecule has 3 rings (SSSR count). The Balaban J connectivity index is 1.61. The molecule has 2 N–H and O–H groups in total. The lowest BCUT2D eigenvalue weighted by atomic mass is 10.1. The van der Waals surface area contributed by atoms with Gasteiger partial charge in [0.2, 0.25) is 0 Å². The minimum absolute atomic E-state index is 0.117. The molecule has 0 spiro atoms. The SMILES string of the molecule is O=C(NCc1ccc(Cc2ccccc2)cn1)c1cccc(=O)n1O. The highest BCUT2D eigenvalue weighted by molar-refractivity contribution is 5.92. The number of carbonyl (C=O) groups excluding carboxylic acids is 1. The highest BCUT2D eigenvalue weighted by Crippen LogP contribution is 2.09. The minimum atomic E-state index is -0.656. The van der Waals surface area contributed by atoms with Crippen LogP contribution in [0.15, 0.2) is 71.7 Å². The van der Waals surface area contributed by atoms with Crippen molar-refractivity contribution in [3.63, 3.8) is 0 Å². The number of amides is 1. The molecule has 0 atom stereocenters. The Morgan fingerprint density at radius 2 is 1.80 bits per heavy atom. The highest BCUT2D eigenvalue weighted by Gasteiger charge is 2.11. The van der Waals surface area contributed by atoms with Crippen LogP contribution >= 0.6 is 0 Å². The summed E-state index contributed by atoms with van der Waals surface area (Å²) in [5.41, 5.74) is 2.20. The second-order valence-electron chi connectivity index (χ2n) is 5.56. The molecule has 6 heteroatoms. The topological polar surface area (TPSA) is 84.2 Å². The number of benzene rings is 1. The molecule has 0 radical (unpaired) electrons. The number of carbonyl (C=O) groups is 1. The van der Waals surface area contributed by atoms with Gasteiger partial charge in [0.05, 0.1) is 12.2 Å². The molecule has 0 saturated carbocycles. The Hall–Kier alpha value is -3.41. The van der Waals surface area contributed by atoms with E-state index in [1.165, 1.54) is 23.8 Å². The molecule has 2 aromatic heterocycles. The second-order valence-corrected chi connectivity index (χ2v) is 5.56. The van der Waals surface area contributed by atoms with E-state index in [2.05, 4.69) is 22.4 Å². The van der Waals surface area contributed by atoms with Gasteiger partial charge in [-0.15, -0.1) is 4.73 Å². The van der Waals surface area contributed by atoms with Crippen molar-refractivity contribution in [1.29, 1.82) is 0 Å². The first-order chi connectivity index (χ1) is 12.1. The molecule has 0 bridgehead atoms. The third-order valence-electron chi connectivity index (χ3n) is 3.73. The molecular formula is C19H17N3O3. The summed E-state index contributed by atoms with van der Waals surface area (Å²) in [7, 11) is 0. The number of nitrogens with zero attached hydrogens (tertiary/aromatic N) is 2. The maximum Gasteiger partial charge on any atom is 0.283 e. The van der Waals surface area contributed by atoms with E-state index in [0.29, 0.717) is 10.4 Å². The molecule has 126 valence electrons. The summed E-state index contributed by atoms with van der Waals surface area (Å²) >= 11 is 0. The van der Waals surface area contributed by atoms with E-state index in [0.717, 1.165) is 12.0 Å². The predicted molar refractivity (Wildman–Crippen MR) is 92.5 cm³/mol. The largest absolute Gasteiger partial charge is 0.425 e. The number of pyridine rings is 2. The van der Waals surface area contributed by atoms with Crippen LogP contribution < -0.4 is 10.9 Å². The lowest BCUT2D eigenvalue weighted by Crippen LogP contribution is -2.30.